The van der Waals surface area contributed by atoms with E-state index in [1.807, 2.05) is 31.3 Å². The van der Waals surface area contributed by atoms with Gasteiger partial charge in [-0.2, -0.15) is 0 Å². The molecule has 0 spiro atoms. The Balaban J connectivity index is 2.08. The van der Waals surface area contributed by atoms with E-state index >= 15 is 0 Å². The lowest BCUT2D eigenvalue weighted by Crippen LogP contribution is -1.90. The highest BCUT2D eigenvalue weighted by atomic mass is 15.3. The summed E-state index contributed by atoms with van der Waals surface area (Å²) in [6.45, 7) is 0. The number of nitrogens with two attached hydrogens (primary N) is 1. The number of hydrogen-bond acceptors (Lipinski definition) is 3. The van der Waals surface area contributed by atoms with Gasteiger partial charge < -0.3 is 11.2 Å². The van der Waals surface area contributed by atoms with Gasteiger partial charge in [0.25, 0.3) is 0 Å². The first kappa shape index (κ1) is 12.1. The third-order valence-electron chi connectivity index (χ3n) is 2.76. The summed E-state index contributed by atoms with van der Waals surface area (Å²) in [5, 5.41) is 10.1. The van der Waals surface area contributed by atoms with Crippen LogP contribution in [0.15, 0.2) is 58.9 Å². The second kappa shape index (κ2) is 5.82. The van der Waals surface area contributed by atoms with E-state index in [1.54, 1.807) is 0 Å². The standard InChI is InChI=1S/C14H16N4/c1-16-13-6-2-11(3-7-13)10-12-4-8-14(9-5-12)17-18-15/h2-9,16H,10H2,1H3,(H2,15,17). The van der Waals surface area contributed by atoms with Gasteiger partial charge in [-0.15, -0.1) is 5.11 Å². The lowest BCUT2D eigenvalue weighted by atomic mass is 10.0. The van der Waals surface area contributed by atoms with E-state index in [0.29, 0.717) is 0 Å². The Kier molecular flexibility index (Phi) is 3.91. The number of benzene rings is 2. The Morgan fingerprint density at radius 2 is 1.50 bits per heavy atom. The molecule has 0 unspecified atom stereocenters. The molecule has 2 aromatic rings. The van der Waals surface area contributed by atoms with Gasteiger partial charge in [-0.1, -0.05) is 29.5 Å². The van der Waals surface area contributed by atoms with Crippen LogP contribution in [0.2, 0.25) is 0 Å². The van der Waals surface area contributed by atoms with Gasteiger partial charge in [-0.25, -0.2) is 0 Å². The Bertz CT molecular complexity index is 514. The van der Waals surface area contributed by atoms with E-state index in [4.69, 9.17) is 5.84 Å². The van der Waals surface area contributed by atoms with Crippen LogP contribution in [-0.4, -0.2) is 7.05 Å². The molecular formula is C14H16N4. The molecule has 0 saturated heterocycles. The first-order valence-electron chi connectivity index (χ1n) is 5.78. The highest BCUT2D eigenvalue weighted by molar-refractivity contribution is 5.45. The van der Waals surface area contributed by atoms with Crippen LogP contribution < -0.4 is 11.2 Å². The first-order valence-corrected chi connectivity index (χ1v) is 5.78. The van der Waals surface area contributed by atoms with E-state index in [9.17, 15) is 0 Å². The molecule has 0 fully saturated rings. The van der Waals surface area contributed by atoms with Crippen LogP contribution in [0.4, 0.5) is 11.4 Å². The van der Waals surface area contributed by atoms with Crippen molar-refractivity contribution in [3.63, 3.8) is 0 Å². The highest BCUT2D eigenvalue weighted by Gasteiger charge is 1.97. The van der Waals surface area contributed by atoms with Crippen molar-refractivity contribution in [3.05, 3.63) is 59.7 Å². The van der Waals surface area contributed by atoms with Crippen LogP contribution in [0.3, 0.4) is 0 Å². The zero-order valence-corrected chi connectivity index (χ0v) is 10.3. The molecule has 0 aliphatic rings. The van der Waals surface area contributed by atoms with Gasteiger partial charge in [0.1, 0.15) is 0 Å². The number of rotatable bonds is 4. The molecule has 4 heteroatoms. The molecule has 2 rings (SSSR count). The quantitative estimate of drug-likeness (QED) is 0.489. The number of nitrogens with zero attached hydrogens (tertiary/aromatic N) is 2. The molecule has 0 aliphatic heterocycles. The Hall–Kier alpha value is -2.36. The van der Waals surface area contributed by atoms with Crippen LogP contribution in [0.25, 0.3) is 0 Å². The predicted octanol–water partition coefficient (Wildman–Crippen LogP) is 3.28. The molecule has 0 bridgehead atoms. The summed E-state index contributed by atoms with van der Waals surface area (Å²) in [6.07, 6.45) is 0.907. The van der Waals surface area contributed by atoms with Crippen LogP contribution in [0, 0.1) is 0 Å². The second-order valence-electron chi connectivity index (χ2n) is 4.01. The molecule has 92 valence electrons. The highest BCUT2D eigenvalue weighted by Crippen LogP contribution is 2.17. The number of anilines is 1. The lowest BCUT2D eigenvalue weighted by molar-refractivity contribution is 1.06. The van der Waals surface area contributed by atoms with Gasteiger partial charge >= 0.3 is 0 Å². The smallest absolute Gasteiger partial charge is 0.0874 e. The van der Waals surface area contributed by atoms with Crippen molar-refractivity contribution in [2.45, 2.75) is 6.42 Å². The van der Waals surface area contributed by atoms with Crippen molar-refractivity contribution in [1.29, 1.82) is 0 Å². The molecule has 2 aromatic carbocycles. The van der Waals surface area contributed by atoms with Crippen molar-refractivity contribution in [2.24, 2.45) is 16.2 Å². The van der Waals surface area contributed by atoms with E-state index < -0.39 is 0 Å². The summed E-state index contributed by atoms with van der Waals surface area (Å²) in [4.78, 5) is 0. The topological polar surface area (TPSA) is 62.8 Å². The van der Waals surface area contributed by atoms with Crippen molar-refractivity contribution >= 4 is 11.4 Å². The summed E-state index contributed by atoms with van der Waals surface area (Å²) < 4.78 is 0. The zero-order valence-electron chi connectivity index (χ0n) is 10.3. The van der Waals surface area contributed by atoms with Crippen LogP contribution in [0.5, 0.6) is 0 Å². The van der Waals surface area contributed by atoms with Crippen molar-refractivity contribution < 1.29 is 0 Å². The molecule has 0 heterocycles. The number of nitrogens with one attached hydrogen (secondary N) is 1. The number of hydrogen-bond donors (Lipinski definition) is 2. The average Bonchev–Trinajstić information content (AvgIpc) is 2.42. The lowest BCUT2D eigenvalue weighted by Gasteiger charge is -2.04. The Labute approximate surface area is 107 Å². The second-order valence-corrected chi connectivity index (χ2v) is 4.01. The Morgan fingerprint density at radius 3 is 2.00 bits per heavy atom. The third kappa shape index (κ3) is 3.07. The van der Waals surface area contributed by atoms with Gasteiger partial charge in [0, 0.05) is 12.7 Å². The van der Waals surface area contributed by atoms with Gasteiger partial charge in [-0.05, 0) is 41.8 Å². The normalized spacial score (nSPS) is 10.7. The molecule has 4 nitrogen and oxygen atoms in total. The minimum absolute atomic E-state index is 0.770. The molecule has 0 radical (unpaired) electrons. The monoisotopic (exact) mass is 240 g/mol. The minimum atomic E-state index is 0.770. The SMILES string of the molecule is CNc1ccc(Cc2ccc(N=NN)cc2)cc1. The van der Waals surface area contributed by atoms with Crippen LogP contribution in [-0.2, 0) is 6.42 Å². The van der Waals surface area contributed by atoms with Gasteiger partial charge in [0.05, 0.1) is 5.69 Å². The van der Waals surface area contributed by atoms with E-state index in [-0.39, 0.29) is 0 Å². The zero-order chi connectivity index (χ0) is 12.8. The third-order valence-corrected chi connectivity index (χ3v) is 2.76. The average molecular weight is 240 g/mol. The van der Waals surface area contributed by atoms with E-state index in [0.717, 1.165) is 17.8 Å². The van der Waals surface area contributed by atoms with Crippen molar-refractivity contribution in [1.82, 2.24) is 0 Å². The molecule has 0 saturated carbocycles. The van der Waals surface area contributed by atoms with E-state index in [1.165, 1.54) is 11.1 Å². The molecule has 0 atom stereocenters. The molecular weight excluding hydrogens is 224 g/mol. The van der Waals surface area contributed by atoms with Crippen LogP contribution >= 0.6 is 0 Å². The fraction of sp³-hybridized carbons (Fsp3) is 0.143. The summed E-state index contributed by atoms with van der Waals surface area (Å²) >= 11 is 0. The van der Waals surface area contributed by atoms with E-state index in [2.05, 4.69) is 39.9 Å². The maximum Gasteiger partial charge on any atom is 0.0874 e. The molecule has 0 aliphatic carbocycles. The molecule has 0 aromatic heterocycles. The summed E-state index contributed by atoms with van der Waals surface area (Å²) in [5.74, 6) is 5.00. The Morgan fingerprint density at radius 1 is 0.944 bits per heavy atom. The summed E-state index contributed by atoms with van der Waals surface area (Å²) in [7, 11) is 1.92. The fourth-order valence-corrected chi connectivity index (χ4v) is 1.77. The van der Waals surface area contributed by atoms with Crippen molar-refractivity contribution in [2.75, 3.05) is 12.4 Å². The molecule has 18 heavy (non-hydrogen) atoms. The van der Waals surface area contributed by atoms with Gasteiger partial charge in [-0.3, -0.25) is 0 Å². The first-order chi connectivity index (χ1) is 8.81. The predicted molar refractivity (Wildman–Crippen MR) is 73.9 cm³/mol. The van der Waals surface area contributed by atoms with Crippen LogP contribution in [0.1, 0.15) is 11.1 Å². The van der Waals surface area contributed by atoms with Gasteiger partial charge in [0.2, 0.25) is 0 Å². The maximum atomic E-state index is 5.00. The summed E-state index contributed by atoms with van der Waals surface area (Å²) in [6, 6.07) is 16.3. The minimum Gasteiger partial charge on any atom is -0.388 e. The summed E-state index contributed by atoms with van der Waals surface area (Å²) in [5.41, 5.74) is 4.41. The largest absolute Gasteiger partial charge is 0.388 e. The van der Waals surface area contributed by atoms with Gasteiger partial charge in [0.15, 0.2) is 0 Å². The molecule has 0 amide bonds. The van der Waals surface area contributed by atoms with Crippen molar-refractivity contribution in [3.8, 4) is 0 Å². The fourth-order valence-electron chi connectivity index (χ4n) is 1.77. The molecule has 3 N–H and O–H groups in total. The maximum absolute atomic E-state index is 5.00.